The molecule has 1 amide bonds. The summed E-state index contributed by atoms with van der Waals surface area (Å²) in [5, 5.41) is 11.7. The van der Waals surface area contributed by atoms with Crippen LogP contribution in [0.15, 0.2) is 18.2 Å². The van der Waals surface area contributed by atoms with E-state index in [1.807, 2.05) is 13.8 Å². The summed E-state index contributed by atoms with van der Waals surface area (Å²) >= 11 is 0. The Labute approximate surface area is 113 Å². The van der Waals surface area contributed by atoms with E-state index in [-0.39, 0.29) is 18.2 Å². The average molecular weight is 268 g/mol. The lowest BCUT2D eigenvalue weighted by atomic mass is 10.1. The predicted octanol–water partition coefficient (Wildman–Crippen LogP) is 2.10. The van der Waals surface area contributed by atoms with Crippen LogP contribution in [0.1, 0.15) is 30.6 Å². The van der Waals surface area contributed by atoms with Crippen molar-refractivity contribution in [3.63, 3.8) is 0 Å². The number of aliphatic hydroxyl groups is 1. The largest absolute Gasteiger partial charge is 0.396 e. The highest BCUT2D eigenvalue weighted by Gasteiger charge is 2.19. The molecule has 4 nitrogen and oxygen atoms in total. The fourth-order valence-corrected chi connectivity index (χ4v) is 1.89. The molecule has 0 aromatic heterocycles. The smallest absolute Gasteiger partial charge is 0.256 e. The van der Waals surface area contributed by atoms with E-state index in [1.165, 1.54) is 12.1 Å². The molecule has 0 fully saturated rings. The zero-order valence-electron chi connectivity index (χ0n) is 11.4. The molecule has 0 radical (unpaired) electrons. The topological polar surface area (TPSA) is 52.6 Å². The molecule has 2 N–H and O–H groups in total. The summed E-state index contributed by atoms with van der Waals surface area (Å²) < 4.78 is 13.7. The Hall–Kier alpha value is -1.62. The number of anilines is 1. The van der Waals surface area contributed by atoms with E-state index in [0.29, 0.717) is 31.6 Å². The third-order valence-corrected chi connectivity index (χ3v) is 2.85. The summed E-state index contributed by atoms with van der Waals surface area (Å²) in [6.07, 6.45) is 0.519. The molecule has 0 bridgehead atoms. The summed E-state index contributed by atoms with van der Waals surface area (Å²) in [6, 6.07) is 4.48. The fraction of sp³-hybridized carbons (Fsp3) is 0.500. The second kappa shape index (κ2) is 7.74. The van der Waals surface area contributed by atoms with E-state index in [1.54, 1.807) is 11.0 Å². The Morgan fingerprint density at radius 2 is 2.16 bits per heavy atom. The molecule has 0 spiro atoms. The molecule has 0 atom stereocenters. The van der Waals surface area contributed by atoms with Crippen molar-refractivity contribution >= 4 is 11.6 Å². The maximum Gasteiger partial charge on any atom is 0.256 e. The minimum absolute atomic E-state index is 0.0347. The summed E-state index contributed by atoms with van der Waals surface area (Å²) in [6.45, 7) is 5.29. The van der Waals surface area contributed by atoms with Gasteiger partial charge >= 0.3 is 0 Å². The van der Waals surface area contributed by atoms with Crippen LogP contribution in [0.3, 0.4) is 0 Å². The van der Waals surface area contributed by atoms with Crippen LogP contribution in [0.5, 0.6) is 0 Å². The Kier molecular flexibility index (Phi) is 6.29. The fourth-order valence-electron chi connectivity index (χ4n) is 1.89. The molecule has 5 heteroatoms. The second-order valence-corrected chi connectivity index (χ2v) is 4.15. The van der Waals surface area contributed by atoms with Crippen LogP contribution in [0.25, 0.3) is 0 Å². The maximum atomic E-state index is 13.7. The minimum atomic E-state index is -0.425. The molecule has 0 saturated carbocycles. The summed E-state index contributed by atoms with van der Waals surface area (Å²) in [5.74, 6) is -0.641. The molecule has 106 valence electrons. The van der Waals surface area contributed by atoms with Crippen LogP contribution < -0.4 is 5.32 Å². The summed E-state index contributed by atoms with van der Waals surface area (Å²) in [7, 11) is 0. The first kappa shape index (κ1) is 15.4. The first-order valence-corrected chi connectivity index (χ1v) is 6.58. The van der Waals surface area contributed by atoms with Crippen molar-refractivity contribution in [1.29, 1.82) is 0 Å². The van der Waals surface area contributed by atoms with E-state index in [4.69, 9.17) is 5.11 Å². The minimum Gasteiger partial charge on any atom is -0.396 e. The lowest BCUT2D eigenvalue weighted by Gasteiger charge is -2.22. The van der Waals surface area contributed by atoms with Crippen molar-refractivity contribution < 1.29 is 14.3 Å². The number of carbonyl (C=O) groups excluding carboxylic acids is 1. The van der Waals surface area contributed by atoms with Crippen molar-refractivity contribution in [2.24, 2.45) is 0 Å². The van der Waals surface area contributed by atoms with Gasteiger partial charge in [-0.05, 0) is 32.4 Å². The zero-order valence-corrected chi connectivity index (χ0v) is 11.4. The number of carbonyl (C=O) groups is 1. The molecule has 1 aromatic rings. The van der Waals surface area contributed by atoms with E-state index in [0.717, 1.165) is 0 Å². The lowest BCUT2D eigenvalue weighted by molar-refractivity contribution is 0.0755. The molecule has 1 aromatic carbocycles. The monoisotopic (exact) mass is 268 g/mol. The Morgan fingerprint density at radius 1 is 1.42 bits per heavy atom. The molecule has 0 unspecified atom stereocenters. The molecule has 0 saturated heterocycles. The SMILES string of the molecule is CCNc1c(F)cccc1C(=O)N(CC)CCCO. The molecule has 0 aliphatic rings. The van der Waals surface area contributed by atoms with Crippen molar-refractivity contribution in [2.45, 2.75) is 20.3 Å². The van der Waals surface area contributed by atoms with Crippen molar-refractivity contribution in [2.75, 3.05) is 31.6 Å². The van der Waals surface area contributed by atoms with Crippen LogP contribution >= 0.6 is 0 Å². The third-order valence-electron chi connectivity index (χ3n) is 2.85. The number of nitrogens with zero attached hydrogens (tertiary/aromatic N) is 1. The number of halogens is 1. The van der Waals surface area contributed by atoms with Crippen LogP contribution in [0.2, 0.25) is 0 Å². The molecule has 0 aliphatic heterocycles. The molecule has 19 heavy (non-hydrogen) atoms. The molecule has 0 aliphatic carbocycles. The van der Waals surface area contributed by atoms with Gasteiger partial charge in [0.1, 0.15) is 5.82 Å². The second-order valence-electron chi connectivity index (χ2n) is 4.15. The van der Waals surface area contributed by atoms with Gasteiger partial charge in [-0.3, -0.25) is 4.79 Å². The number of hydrogen-bond acceptors (Lipinski definition) is 3. The van der Waals surface area contributed by atoms with Gasteiger partial charge in [0.2, 0.25) is 0 Å². The maximum absolute atomic E-state index is 13.7. The van der Waals surface area contributed by atoms with Crippen LogP contribution in [0, 0.1) is 5.82 Å². The van der Waals surface area contributed by atoms with Crippen molar-refractivity contribution in [3.8, 4) is 0 Å². The van der Waals surface area contributed by atoms with E-state index >= 15 is 0 Å². The number of nitrogens with one attached hydrogen (secondary N) is 1. The highest BCUT2D eigenvalue weighted by Crippen LogP contribution is 2.21. The molecule has 0 heterocycles. The number of rotatable bonds is 7. The van der Waals surface area contributed by atoms with Gasteiger partial charge in [-0.2, -0.15) is 0 Å². The van der Waals surface area contributed by atoms with Gasteiger partial charge < -0.3 is 15.3 Å². The van der Waals surface area contributed by atoms with Crippen LogP contribution in [-0.2, 0) is 0 Å². The van der Waals surface area contributed by atoms with Gasteiger partial charge in [0.25, 0.3) is 5.91 Å². The average Bonchev–Trinajstić information content (AvgIpc) is 2.42. The normalized spacial score (nSPS) is 10.3. The highest BCUT2D eigenvalue weighted by atomic mass is 19.1. The van der Waals surface area contributed by atoms with E-state index in [2.05, 4.69) is 5.32 Å². The number of amides is 1. The van der Waals surface area contributed by atoms with Gasteiger partial charge in [-0.15, -0.1) is 0 Å². The number of benzene rings is 1. The Balaban J connectivity index is 3.00. The first-order valence-electron chi connectivity index (χ1n) is 6.58. The summed E-state index contributed by atoms with van der Waals surface area (Å²) in [5.41, 5.74) is 0.582. The number of aliphatic hydroxyl groups excluding tert-OH is 1. The predicted molar refractivity (Wildman–Crippen MR) is 73.8 cm³/mol. The Bertz CT molecular complexity index is 424. The number of hydrogen-bond donors (Lipinski definition) is 2. The third kappa shape index (κ3) is 3.92. The van der Waals surface area contributed by atoms with E-state index < -0.39 is 5.82 Å². The lowest BCUT2D eigenvalue weighted by Crippen LogP contribution is -2.33. The molecule has 1 rings (SSSR count). The van der Waals surface area contributed by atoms with Crippen LogP contribution in [0.4, 0.5) is 10.1 Å². The van der Waals surface area contributed by atoms with Crippen molar-refractivity contribution in [3.05, 3.63) is 29.6 Å². The van der Waals surface area contributed by atoms with E-state index in [9.17, 15) is 9.18 Å². The standard InChI is InChI=1S/C14H21FN2O2/c1-3-16-13-11(7-5-8-12(13)15)14(19)17(4-2)9-6-10-18/h5,7-8,16,18H,3-4,6,9-10H2,1-2H3. The van der Waals surface area contributed by atoms with Gasteiger partial charge in [0.05, 0.1) is 11.3 Å². The van der Waals surface area contributed by atoms with Gasteiger partial charge in [0, 0.05) is 26.2 Å². The van der Waals surface area contributed by atoms with Crippen LogP contribution in [-0.4, -0.2) is 42.2 Å². The van der Waals surface area contributed by atoms with Gasteiger partial charge in [0.15, 0.2) is 0 Å². The molecular weight excluding hydrogens is 247 g/mol. The van der Waals surface area contributed by atoms with Gasteiger partial charge in [-0.25, -0.2) is 4.39 Å². The first-order chi connectivity index (χ1) is 9.15. The zero-order chi connectivity index (χ0) is 14.3. The summed E-state index contributed by atoms with van der Waals surface area (Å²) in [4.78, 5) is 14.0. The Morgan fingerprint density at radius 3 is 2.74 bits per heavy atom. The quantitative estimate of drug-likeness (QED) is 0.796. The van der Waals surface area contributed by atoms with Gasteiger partial charge in [-0.1, -0.05) is 6.07 Å². The highest BCUT2D eigenvalue weighted by molar-refractivity contribution is 5.99. The van der Waals surface area contributed by atoms with Crippen molar-refractivity contribution in [1.82, 2.24) is 4.90 Å². The molecular formula is C14H21FN2O2. The number of para-hydroxylation sites is 1.